The highest BCUT2D eigenvalue weighted by atomic mass is 32.1. The number of alkyl halides is 2. The Labute approximate surface area is 114 Å². The lowest BCUT2D eigenvalue weighted by atomic mass is 9.97. The van der Waals surface area contributed by atoms with Crippen molar-refractivity contribution in [2.24, 2.45) is 11.1 Å². The second-order valence-electron chi connectivity index (χ2n) is 4.95. The van der Waals surface area contributed by atoms with Crippen molar-refractivity contribution < 1.29 is 8.78 Å². The molecule has 1 atom stereocenters. The normalized spacial score (nSPS) is 19.8. The van der Waals surface area contributed by atoms with Crippen molar-refractivity contribution in [2.75, 3.05) is 19.6 Å². The molecule has 1 unspecified atom stereocenters. The molecule has 0 aliphatic carbocycles. The van der Waals surface area contributed by atoms with E-state index in [0.717, 1.165) is 25.9 Å². The summed E-state index contributed by atoms with van der Waals surface area (Å²) in [6.45, 7) is 3.84. The average molecular weight is 289 g/mol. The van der Waals surface area contributed by atoms with Gasteiger partial charge < -0.3 is 0 Å². The van der Waals surface area contributed by atoms with Crippen molar-refractivity contribution in [3.05, 3.63) is 21.0 Å². The predicted octanol–water partition coefficient (Wildman–Crippen LogP) is 3.62. The smallest absolute Gasteiger partial charge is 0.281 e. The molecule has 1 aromatic rings. The van der Waals surface area contributed by atoms with E-state index < -0.39 is 6.43 Å². The minimum absolute atomic E-state index is 0.0102. The van der Waals surface area contributed by atoms with E-state index in [1.165, 1.54) is 16.8 Å². The number of thiazole rings is 1. The van der Waals surface area contributed by atoms with Gasteiger partial charge in [0.2, 0.25) is 0 Å². The van der Waals surface area contributed by atoms with Gasteiger partial charge in [-0.3, -0.25) is 4.90 Å². The Bertz CT molecular complexity index is 419. The van der Waals surface area contributed by atoms with E-state index in [2.05, 4.69) is 22.0 Å². The van der Waals surface area contributed by atoms with Gasteiger partial charge in [-0.1, -0.05) is 12.1 Å². The van der Waals surface area contributed by atoms with Gasteiger partial charge in [0, 0.05) is 0 Å². The van der Waals surface area contributed by atoms with Crippen LogP contribution >= 0.6 is 11.3 Å². The SMILES string of the molecule is CC1CCN(C(CN=O)c2scnc2C(F)F)CC1. The van der Waals surface area contributed by atoms with E-state index in [-0.39, 0.29) is 18.3 Å². The van der Waals surface area contributed by atoms with Crippen LogP contribution in [-0.2, 0) is 0 Å². The highest BCUT2D eigenvalue weighted by molar-refractivity contribution is 7.09. The topological polar surface area (TPSA) is 45.6 Å². The first-order valence-corrected chi connectivity index (χ1v) is 7.26. The first-order valence-electron chi connectivity index (χ1n) is 6.38. The van der Waals surface area contributed by atoms with Gasteiger partial charge in [-0.15, -0.1) is 11.3 Å². The van der Waals surface area contributed by atoms with E-state index in [1.807, 2.05) is 0 Å². The maximum Gasteiger partial charge on any atom is 0.281 e. The molecule has 106 valence electrons. The standard InChI is InChI=1S/C12H17F2N3OS/c1-8-2-4-17(5-3-8)9(6-16-18)11-10(12(13)14)15-7-19-11/h7-9,12H,2-6H2,1H3. The molecule has 2 heterocycles. The quantitative estimate of drug-likeness (QED) is 0.778. The zero-order valence-electron chi connectivity index (χ0n) is 10.8. The summed E-state index contributed by atoms with van der Waals surface area (Å²) < 4.78 is 25.8. The minimum atomic E-state index is -2.60. The predicted molar refractivity (Wildman–Crippen MR) is 70.4 cm³/mol. The maximum atomic E-state index is 12.9. The lowest BCUT2D eigenvalue weighted by Crippen LogP contribution is -2.37. The number of aromatic nitrogens is 1. The molecule has 0 spiro atoms. The largest absolute Gasteiger partial charge is 0.294 e. The third-order valence-electron chi connectivity index (χ3n) is 3.64. The van der Waals surface area contributed by atoms with Crippen LogP contribution in [0.15, 0.2) is 10.7 Å². The summed E-state index contributed by atoms with van der Waals surface area (Å²) in [6.07, 6.45) is -0.546. The molecule has 7 heteroatoms. The van der Waals surface area contributed by atoms with Crippen LogP contribution in [0.2, 0.25) is 0 Å². The van der Waals surface area contributed by atoms with Gasteiger partial charge >= 0.3 is 0 Å². The molecular weight excluding hydrogens is 272 g/mol. The molecule has 1 saturated heterocycles. The molecule has 1 fully saturated rings. The fraction of sp³-hybridized carbons (Fsp3) is 0.750. The summed E-state index contributed by atoms with van der Waals surface area (Å²) in [5.41, 5.74) is 1.22. The van der Waals surface area contributed by atoms with Crippen molar-refractivity contribution in [2.45, 2.75) is 32.2 Å². The van der Waals surface area contributed by atoms with E-state index in [9.17, 15) is 13.7 Å². The molecule has 19 heavy (non-hydrogen) atoms. The number of likely N-dealkylation sites (tertiary alicyclic amines) is 1. The highest BCUT2D eigenvalue weighted by Crippen LogP contribution is 2.35. The van der Waals surface area contributed by atoms with Gasteiger partial charge in [-0.2, -0.15) is 4.91 Å². The first kappa shape index (κ1) is 14.5. The molecule has 1 aliphatic heterocycles. The molecule has 2 rings (SSSR count). The van der Waals surface area contributed by atoms with E-state index in [1.54, 1.807) is 0 Å². The van der Waals surface area contributed by atoms with Crippen LogP contribution in [0, 0.1) is 10.8 Å². The van der Waals surface area contributed by atoms with E-state index >= 15 is 0 Å². The lowest BCUT2D eigenvalue weighted by Gasteiger charge is -2.35. The number of nitroso groups, excluding NO2 is 1. The van der Waals surface area contributed by atoms with Crippen LogP contribution in [-0.4, -0.2) is 29.5 Å². The molecule has 0 aromatic carbocycles. The summed E-state index contributed by atoms with van der Waals surface area (Å²) >= 11 is 1.19. The van der Waals surface area contributed by atoms with Crippen LogP contribution in [0.4, 0.5) is 8.78 Å². The van der Waals surface area contributed by atoms with Gasteiger partial charge in [0.15, 0.2) is 0 Å². The second kappa shape index (κ2) is 6.47. The summed E-state index contributed by atoms with van der Waals surface area (Å²) in [4.78, 5) is 16.9. The molecule has 0 N–H and O–H groups in total. The Kier molecular flexibility index (Phi) is 4.93. The van der Waals surface area contributed by atoms with Crippen LogP contribution in [0.25, 0.3) is 0 Å². The molecule has 0 radical (unpaired) electrons. The molecule has 0 amide bonds. The maximum absolute atomic E-state index is 12.9. The van der Waals surface area contributed by atoms with Crippen molar-refractivity contribution in [1.82, 2.24) is 9.88 Å². The summed E-state index contributed by atoms with van der Waals surface area (Å²) in [5, 5.41) is 2.93. The number of hydrogen-bond acceptors (Lipinski definition) is 5. The molecule has 1 aliphatic rings. The van der Waals surface area contributed by atoms with Crippen molar-refractivity contribution in [1.29, 1.82) is 0 Å². The Hall–Kier alpha value is -0.950. The van der Waals surface area contributed by atoms with E-state index in [4.69, 9.17) is 0 Å². The fourth-order valence-corrected chi connectivity index (χ4v) is 3.38. The molecule has 1 aromatic heterocycles. The fourth-order valence-electron chi connectivity index (χ4n) is 2.45. The monoisotopic (exact) mass is 289 g/mol. The third kappa shape index (κ3) is 3.33. The van der Waals surface area contributed by atoms with Crippen LogP contribution in [0.5, 0.6) is 0 Å². The third-order valence-corrected chi connectivity index (χ3v) is 4.59. The Morgan fingerprint density at radius 3 is 2.79 bits per heavy atom. The lowest BCUT2D eigenvalue weighted by molar-refractivity contribution is 0.127. The van der Waals surface area contributed by atoms with Gasteiger partial charge in [0.1, 0.15) is 12.2 Å². The number of rotatable bonds is 5. The first-order chi connectivity index (χ1) is 9.13. The van der Waals surface area contributed by atoms with Crippen LogP contribution in [0.1, 0.15) is 42.8 Å². The molecule has 0 saturated carbocycles. The number of hydrogen-bond donors (Lipinski definition) is 0. The number of halogens is 2. The Balaban J connectivity index is 2.19. The average Bonchev–Trinajstić information content (AvgIpc) is 2.86. The number of nitrogens with zero attached hydrogens (tertiary/aromatic N) is 3. The zero-order chi connectivity index (χ0) is 13.8. The molecular formula is C12H17F2N3OS. The zero-order valence-corrected chi connectivity index (χ0v) is 11.6. The van der Waals surface area contributed by atoms with Crippen molar-refractivity contribution in [3.63, 3.8) is 0 Å². The van der Waals surface area contributed by atoms with E-state index in [0.29, 0.717) is 10.8 Å². The van der Waals surface area contributed by atoms with Crippen LogP contribution in [0.3, 0.4) is 0 Å². The molecule has 0 bridgehead atoms. The Morgan fingerprint density at radius 1 is 1.53 bits per heavy atom. The summed E-state index contributed by atoms with van der Waals surface area (Å²) in [6, 6.07) is -0.346. The summed E-state index contributed by atoms with van der Waals surface area (Å²) in [7, 11) is 0. The van der Waals surface area contributed by atoms with Gasteiger partial charge in [0.05, 0.1) is 16.4 Å². The van der Waals surface area contributed by atoms with Crippen LogP contribution < -0.4 is 0 Å². The molecule has 4 nitrogen and oxygen atoms in total. The number of piperidine rings is 1. The Morgan fingerprint density at radius 2 is 2.21 bits per heavy atom. The van der Waals surface area contributed by atoms with Crippen molar-refractivity contribution >= 4 is 11.3 Å². The summed E-state index contributed by atoms with van der Waals surface area (Å²) in [5.74, 6) is 0.650. The highest BCUT2D eigenvalue weighted by Gasteiger charge is 2.30. The second-order valence-corrected chi connectivity index (χ2v) is 5.83. The minimum Gasteiger partial charge on any atom is -0.294 e. The van der Waals surface area contributed by atoms with Gasteiger partial charge in [-0.05, 0) is 31.8 Å². The van der Waals surface area contributed by atoms with Crippen molar-refractivity contribution in [3.8, 4) is 0 Å². The van der Waals surface area contributed by atoms with Gasteiger partial charge in [-0.25, -0.2) is 13.8 Å². The van der Waals surface area contributed by atoms with Gasteiger partial charge in [0.25, 0.3) is 6.43 Å².